The fraction of sp³-hybridized carbons (Fsp3) is 0.600. The summed E-state index contributed by atoms with van der Waals surface area (Å²) in [4.78, 5) is 26.1. The van der Waals surface area contributed by atoms with Crippen LogP contribution in [-0.2, 0) is 9.53 Å². The van der Waals surface area contributed by atoms with E-state index in [0.717, 1.165) is 6.07 Å². The number of alkyl halides is 3. The Morgan fingerprint density at radius 2 is 1.79 bits per heavy atom. The van der Waals surface area contributed by atoms with Gasteiger partial charge in [0.25, 0.3) is 0 Å². The molecule has 0 bridgehead atoms. The number of benzene rings is 1. The zero-order valence-electron chi connectivity index (χ0n) is 17.1. The van der Waals surface area contributed by atoms with Gasteiger partial charge in [0.15, 0.2) is 0 Å². The summed E-state index contributed by atoms with van der Waals surface area (Å²) in [5.74, 6) is -0.583. The molecule has 1 aliphatic rings. The zero-order chi connectivity index (χ0) is 21.8. The monoisotopic (exact) mass is 416 g/mol. The smallest absolute Gasteiger partial charge is 0.444 e. The lowest BCUT2D eigenvalue weighted by Crippen LogP contribution is -2.42. The molecule has 0 atom stereocenters. The normalized spacial score (nSPS) is 15.8. The van der Waals surface area contributed by atoms with Crippen LogP contribution in [0.25, 0.3) is 0 Å². The maximum absolute atomic E-state index is 12.4. The summed E-state index contributed by atoms with van der Waals surface area (Å²) >= 11 is 0. The fourth-order valence-corrected chi connectivity index (χ4v) is 3.04. The molecule has 162 valence electrons. The molecule has 1 aromatic carbocycles. The highest BCUT2D eigenvalue weighted by Gasteiger charge is 2.31. The summed E-state index contributed by atoms with van der Waals surface area (Å²) in [5, 5.41) is 2.66. The number of anilines is 1. The number of hydrogen-bond donors (Lipinski definition) is 1. The predicted octanol–water partition coefficient (Wildman–Crippen LogP) is 4.87. The quantitative estimate of drug-likeness (QED) is 0.761. The van der Waals surface area contributed by atoms with Crippen LogP contribution in [0.15, 0.2) is 18.2 Å². The molecule has 0 saturated carbocycles. The molecule has 9 heteroatoms. The number of nitrogens with zero attached hydrogens (tertiary/aromatic N) is 1. The number of carbonyl (C=O) groups excluding carboxylic acids is 2. The van der Waals surface area contributed by atoms with Gasteiger partial charge in [0.05, 0.1) is 0 Å². The Morgan fingerprint density at radius 1 is 1.17 bits per heavy atom. The summed E-state index contributed by atoms with van der Waals surface area (Å²) in [6.45, 7) is 8.10. The Morgan fingerprint density at radius 3 is 2.34 bits per heavy atom. The summed E-state index contributed by atoms with van der Waals surface area (Å²) < 4.78 is 46.4. The molecule has 0 aromatic heterocycles. The first-order valence-corrected chi connectivity index (χ1v) is 9.46. The molecule has 0 radical (unpaired) electrons. The minimum atomic E-state index is -4.79. The summed E-state index contributed by atoms with van der Waals surface area (Å²) in [6, 6.07) is 3.81. The third-order valence-electron chi connectivity index (χ3n) is 4.46. The van der Waals surface area contributed by atoms with Crippen LogP contribution in [0.3, 0.4) is 0 Å². The molecule has 1 aromatic rings. The Kier molecular flexibility index (Phi) is 7.02. The Hall–Kier alpha value is -2.45. The summed E-state index contributed by atoms with van der Waals surface area (Å²) in [6.07, 6.45) is -3.62. The van der Waals surface area contributed by atoms with Crippen LogP contribution in [0.4, 0.5) is 23.7 Å². The molecule has 0 aliphatic carbocycles. The number of halogens is 3. The van der Waals surface area contributed by atoms with Gasteiger partial charge in [0.2, 0.25) is 5.91 Å². The van der Waals surface area contributed by atoms with Crippen molar-refractivity contribution in [1.82, 2.24) is 4.90 Å². The van der Waals surface area contributed by atoms with Gasteiger partial charge < -0.3 is 19.7 Å². The average Bonchev–Trinajstić information content (AvgIpc) is 2.55. The first-order chi connectivity index (χ1) is 13.3. The second-order valence-electron chi connectivity index (χ2n) is 8.19. The van der Waals surface area contributed by atoms with Crippen molar-refractivity contribution in [3.63, 3.8) is 0 Å². The van der Waals surface area contributed by atoms with E-state index in [1.165, 1.54) is 12.1 Å². The molecular formula is C20H27F3N2O4. The van der Waals surface area contributed by atoms with Crippen molar-refractivity contribution in [2.45, 2.75) is 58.9 Å². The van der Waals surface area contributed by atoms with Crippen LogP contribution >= 0.6 is 0 Å². The molecule has 1 heterocycles. The first-order valence-electron chi connectivity index (χ1n) is 9.46. The average molecular weight is 416 g/mol. The van der Waals surface area contributed by atoms with E-state index in [0.29, 0.717) is 31.5 Å². The van der Waals surface area contributed by atoms with Gasteiger partial charge in [-0.15, -0.1) is 13.2 Å². The molecule has 6 nitrogen and oxygen atoms in total. The van der Waals surface area contributed by atoms with Crippen molar-refractivity contribution in [3.05, 3.63) is 23.8 Å². The highest BCUT2D eigenvalue weighted by atomic mass is 19.4. The second-order valence-corrected chi connectivity index (χ2v) is 8.19. The number of hydrogen-bond acceptors (Lipinski definition) is 4. The zero-order valence-corrected chi connectivity index (χ0v) is 17.1. The van der Waals surface area contributed by atoms with E-state index in [-0.39, 0.29) is 35.8 Å². The van der Waals surface area contributed by atoms with Crippen LogP contribution in [0, 0.1) is 12.8 Å². The standard InChI is InChI=1S/C20H27F3N2O4/c1-13-5-6-15(28-20(21,22)23)12-16(13)24-17(26)11-14-7-9-25(10-8-14)18(27)29-19(2,3)4/h5-6,12,14H,7-11H2,1-4H3,(H,24,26). The van der Waals surface area contributed by atoms with Crippen molar-refractivity contribution < 1.29 is 32.2 Å². The van der Waals surface area contributed by atoms with Crippen molar-refractivity contribution in [2.24, 2.45) is 5.92 Å². The van der Waals surface area contributed by atoms with E-state index < -0.39 is 12.0 Å². The van der Waals surface area contributed by atoms with Gasteiger partial charge in [0.1, 0.15) is 11.4 Å². The lowest BCUT2D eigenvalue weighted by Gasteiger charge is -2.33. The molecule has 2 amide bonds. The van der Waals surface area contributed by atoms with Crippen LogP contribution in [0.1, 0.15) is 45.6 Å². The van der Waals surface area contributed by atoms with Crippen molar-refractivity contribution >= 4 is 17.7 Å². The van der Waals surface area contributed by atoms with Crippen molar-refractivity contribution in [1.29, 1.82) is 0 Å². The third kappa shape index (κ3) is 7.83. The summed E-state index contributed by atoms with van der Waals surface area (Å²) in [5.41, 5.74) is 0.353. The van der Waals surface area contributed by atoms with E-state index in [2.05, 4.69) is 10.1 Å². The molecule has 0 spiro atoms. The Bertz CT molecular complexity index is 736. The van der Waals surface area contributed by atoms with Gasteiger partial charge in [-0.05, 0) is 58.1 Å². The van der Waals surface area contributed by atoms with E-state index in [9.17, 15) is 22.8 Å². The maximum Gasteiger partial charge on any atom is 0.573 e. The number of amides is 2. The van der Waals surface area contributed by atoms with Gasteiger partial charge in [-0.25, -0.2) is 4.79 Å². The summed E-state index contributed by atoms with van der Waals surface area (Å²) in [7, 11) is 0. The number of likely N-dealkylation sites (tertiary alicyclic amines) is 1. The molecule has 1 aliphatic heterocycles. The topological polar surface area (TPSA) is 67.9 Å². The lowest BCUT2D eigenvalue weighted by atomic mass is 9.93. The van der Waals surface area contributed by atoms with Crippen molar-refractivity contribution in [3.8, 4) is 5.75 Å². The van der Waals surface area contributed by atoms with Crippen LogP contribution in [0.5, 0.6) is 5.75 Å². The highest BCUT2D eigenvalue weighted by molar-refractivity contribution is 5.91. The fourth-order valence-electron chi connectivity index (χ4n) is 3.04. The van der Waals surface area contributed by atoms with E-state index >= 15 is 0 Å². The molecule has 29 heavy (non-hydrogen) atoms. The van der Waals surface area contributed by atoms with Crippen molar-refractivity contribution in [2.75, 3.05) is 18.4 Å². The minimum absolute atomic E-state index is 0.0867. The first kappa shape index (κ1) is 22.8. The number of aryl methyl sites for hydroxylation is 1. The number of rotatable bonds is 4. The largest absolute Gasteiger partial charge is 0.573 e. The molecular weight excluding hydrogens is 389 g/mol. The van der Waals surface area contributed by atoms with Crippen LogP contribution in [0.2, 0.25) is 0 Å². The SMILES string of the molecule is Cc1ccc(OC(F)(F)F)cc1NC(=O)CC1CCN(C(=O)OC(C)(C)C)CC1. The Labute approximate surface area is 168 Å². The number of nitrogens with one attached hydrogen (secondary N) is 1. The number of carbonyl (C=O) groups is 2. The molecule has 1 N–H and O–H groups in total. The molecule has 2 rings (SSSR count). The number of piperidine rings is 1. The van der Waals surface area contributed by atoms with Crippen LogP contribution in [-0.4, -0.2) is 42.0 Å². The molecule has 1 saturated heterocycles. The predicted molar refractivity (Wildman–Crippen MR) is 102 cm³/mol. The molecule has 0 unspecified atom stereocenters. The van der Waals surface area contributed by atoms with Crippen LogP contribution < -0.4 is 10.1 Å². The Balaban J connectivity index is 1.86. The third-order valence-corrected chi connectivity index (χ3v) is 4.46. The molecule has 1 fully saturated rings. The lowest BCUT2D eigenvalue weighted by molar-refractivity contribution is -0.274. The maximum atomic E-state index is 12.4. The van der Waals surface area contributed by atoms with E-state index in [1.807, 2.05) is 0 Å². The number of ether oxygens (including phenoxy) is 2. The van der Waals surface area contributed by atoms with Gasteiger partial charge >= 0.3 is 12.5 Å². The van der Waals surface area contributed by atoms with Gasteiger partial charge in [-0.3, -0.25) is 4.79 Å². The second kappa shape index (κ2) is 8.92. The van der Waals surface area contributed by atoms with Gasteiger partial charge in [-0.1, -0.05) is 6.07 Å². The minimum Gasteiger partial charge on any atom is -0.444 e. The van der Waals surface area contributed by atoms with Gasteiger partial charge in [-0.2, -0.15) is 0 Å². The van der Waals surface area contributed by atoms with E-state index in [4.69, 9.17) is 4.74 Å². The van der Waals surface area contributed by atoms with Gasteiger partial charge in [0, 0.05) is 31.3 Å². The van der Waals surface area contributed by atoms with E-state index in [1.54, 1.807) is 32.6 Å². The highest BCUT2D eigenvalue weighted by Crippen LogP contribution is 2.28.